The highest BCUT2D eigenvalue weighted by Gasteiger charge is 2.51. The third-order valence-corrected chi connectivity index (χ3v) is 19.5. The lowest BCUT2D eigenvalue weighted by Crippen LogP contribution is -2.73. The van der Waals surface area contributed by atoms with Gasteiger partial charge in [0, 0.05) is 34.1 Å². The summed E-state index contributed by atoms with van der Waals surface area (Å²) in [6.45, 7) is 23.2. The minimum absolute atomic E-state index is 0.00526. The van der Waals surface area contributed by atoms with Gasteiger partial charge >= 0.3 is 0 Å². The van der Waals surface area contributed by atoms with Crippen molar-refractivity contribution >= 4 is 86.0 Å². The molecule has 320 valence electrons. The Bertz CT molecular complexity index is 3110. The molecule has 8 aromatic rings. The summed E-state index contributed by atoms with van der Waals surface area (Å²) >= 11 is 0. The minimum Gasteiger partial charge on any atom is -0.311 e. The van der Waals surface area contributed by atoms with Gasteiger partial charge in [0.1, 0.15) is 0 Å². The van der Waals surface area contributed by atoms with Gasteiger partial charge in [-0.25, -0.2) is 0 Å². The van der Waals surface area contributed by atoms with E-state index < -0.39 is 8.07 Å². The topological polar surface area (TPSA) is 6.48 Å². The van der Waals surface area contributed by atoms with Crippen molar-refractivity contribution in [3.8, 4) is 11.1 Å². The molecular weight excluding hydrogens is 800 g/mol. The summed E-state index contributed by atoms with van der Waals surface area (Å²) in [4.78, 5) is 5.19. The van der Waals surface area contributed by atoms with Crippen molar-refractivity contribution in [3.63, 3.8) is 0 Å². The van der Waals surface area contributed by atoms with E-state index in [-0.39, 0.29) is 23.0 Å². The molecule has 4 heteroatoms. The number of hydrogen-bond acceptors (Lipinski definition) is 2. The summed E-state index contributed by atoms with van der Waals surface area (Å²) < 4.78 is 0. The van der Waals surface area contributed by atoms with Crippen LogP contribution in [0.2, 0.25) is 0 Å². The molecule has 8 aromatic carbocycles. The van der Waals surface area contributed by atoms with Gasteiger partial charge in [-0.2, -0.15) is 0 Å². The first kappa shape index (κ1) is 41.4. The first-order chi connectivity index (χ1) is 31.0. The molecule has 0 atom stereocenters. The molecule has 0 unspecified atom stereocenters. The molecule has 11 rings (SSSR count). The van der Waals surface area contributed by atoms with Gasteiger partial charge in [0.25, 0.3) is 6.71 Å². The predicted octanol–water partition coefficient (Wildman–Crippen LogP) is 11.3. The number of aryl methyl sites for hydroxylation is 1. The van der Waals surface area contributed by atoms with E-state index in [9.17, 15) is 0 Å². The molecule has 0 aromatic heterocycles. The van der Waals surface area contributed by atoms with E-state index in [1.165, 1.54) is 105 Å². The second-order valence-corrected chi connectivity index (χ2v) is 25.7. The standard InChI is InChI=1S/C61H59BN2Si/c1-40-35-54-58-55(36-40)64(45-32-27-42(28-33-45)60(5,6)7)53-39-57-49(48-23-17-18-24-56(48)65(57,46-19-13-11-14-20-46)47-21-15-12-16-22-47)38-51(53)62(58)50-37-43(61(8,9)10)29-34-52(50)63(54)44-30-25-41(26-31-44)59(2,3)4/h11-39H,1-10H3. The van der Waals surface area contributed by atoms with Crippen molar-refractivity contribution in [1.82, 2.24) is 0 Å². The average Bonchev–Trinajstić information content (AvgIpc) is 3.57. The van der Waals surface area contributed by atoms with E-state index >= 15 is 0 Å². The Kier molecular flexibility index (Phi) is 9.27. The summed E-state index contributed by atoms with van der Waals surface area (Å²) in [6.07, 6.45) is 0. The van der Waals surface area contributed by atoms with Crippen LogP contribution >= 0.6 is 0 Å². The molecule has 3 aliphatic rings. The molecule has 0 amide bonds. The van der Waals surface area contributed by atoms with Crippen molar-refractivity contribution in [2.24, 2.45) is 0 Å². The van der Waals surface area contributed by atoms with E-state index in [1.807, 2.05) is 0 Å². The lowest BCUT2D eigenvalue weighted by Gasteiger charge is -2.45. The molecule has 0 spiro atoms. The molecule has 2 nitrogen and oxygen atoms in total. The third kappa shape index (κ3) is 6.35. The lowest BCUT2D eigenvalue weighted by atomic mass is 9.33. The van der Waals surface area contributed by atoms with Gasteiger partial charge in [-0.05, 0) is 142 Å². The van der Waals surface area contributed by atoms with Crippen molar-refractivity contribution in [3.05, 3.63) is 198 Å². The first-order valence-electron chi connectivity index (χ1n) is 23.5. The minimum atomic E-state index is -2.79. The van der Waals surface area contributed by atoms with Crippen LogP contribution in [0, 0.1) is 6.92 Å². The highest BCUT2D eigenvalue weighted by Crippen LogP contribution is 2.46. The highest BCUT2D eigenvalue weighted by atomic mass is 28.3. The Morgan fingerprint density at radius 2 is 0.846 bits per heavy atom. The molecular formula is C61H59BN2Si. The monoisotopic (exact) mass is 858 g/mol. The molecule has 0 radical (unpaired) electrons. The van der Waals surface area contributed by atoms with Gasteiger partial charge in [0.15, 0.2) is 8.07 Å². The van der Waals surface area contributed by atoms with Gasteiger partial charge < -0.3 is 9.80 Å². The van der Waals surface area contributed by atoms with Crippen LogP contribution in [0.5, 0.6) is 0 Å². The Hall–Kier alpha value is -6.36. The van der Waals surface area contributed by atoms with Crippen molar-refractivity contribution < 1.29 is 0 Å². The summed E-state index contributed by atoms with van der Waals surface area (Å²) in [5, 5.41) is 5.76. The van der Waals surface area contributed by atoms with E-state index in [0.717, 1.165) is 0 Å². The van der Waals surface area contributed by atoms with Crippen LogP contribution in [0.3, 0.4) is 0 Å². The van der Waals surface area contributed by atoms with Crippen molar-refractivity contribution in [1.29, 1.82) is 0 Å². The normalized spacial score (nSPS) is 14.6. The van der Waals surface area contributed by atoms with Crippen LogP contribution in [-0.4, -0.2) is 14.8 Å². The third-order valence-electron chi connectivity index (χ3n) is 14.6. The van der Waals surface area contributed by atoms with Crippen molar-refractivity contribution in [2.45, 2.75) is 85.5 Å². The zero-order valence-electron chi connectivity index (χ0n) is 39.7. The summed E-state index contributed by atoms with van der Waals surface area (Å²) in [5.74, 6) is 0. The fourth-order valence-electron chi connectivity index (χ4n) is 11.3. The van der Waals surface area contributed by atoms with E-state index in [0.29, 0.717) is 0 Å². The maximum atomic E-state index is 2.66. The quantitative estimate of drug-likeness (QED) is 0.163. The van der Waals surface area contributed by atoms with Gasteiger partial charge in [-0.3, -0.25) is 0 Å². The first-order valence-corrected chi connectivity index (χ1v) is 25.5. The number of fused-ring (bicyclic) bond motifs is 7. The van der Waals surface area contributed by atoms with E-state index in [4.69, 9.17) is 0 Å². The number of benzene rings is 8. The van der Waals surface area contributed by atoms with Crippen LogP contribution in [0.25, 0.3) is 11.1 Å². The number of nitrogens with zero attached hydrogens (tertiary/aromatic N) is 2. The predicted molar refractivity (Wildman–Crippen MR) is 284 cm³/mol. The Morgan fingerprint density at radius 3 is 1.37 bits per heavy atom. The second-order valence-electron chi connectivity index (χ2n) is 21.9. The van der Waals surface area contributed by atoms with Gasteiger partial charge in [-0.1, -0.05) is 190 Å². The summed E-state index contributed by atoms with van der Waals surface area (Å²) in [5.41, 5.74) is 19.5. The Balaban J connectivity index is 1.27. The largest absolute Gasteiger partial charge is 0.311 e. The van der Waals surface area contributed by atoms with E-state index in [2.05, 4.69) is 255 Å². The second kappa shape index (κ2) is 14.6. The fourth-order valence-corrected chi connectivity index (χ4v) is 16.5. The van der Waals surface area contributed by atoms with Crippen LogP contribution in [-0.2, 0) is 16.2 Å². The van der Waals surface area contributed by atoms with E-state index in [1.54, 1.807) is 0 Å². The maximum absolute atomic E-state index is 2.79. The number of hydrogen-bond donors (Lipinski definition) is 0. The molecule has 0 bridgehead atoms. The fraction of sp³-hybridized carbons (Fsp3) is 0.213. The summed E-state index contributed by atoms with van der Waals surface area (Å²) in [6, 6.07) is 68.6. The molecule has 0 aliphatic carbocycles. The molecule has 0 saturated heterocycles. The molecule has 0 fully saturated rings. The van der Waals surface area contributed by atoms with Crippen LogP contribution < -0.4 is 46.9 Å². The molecule has 0 N–H and O–H groups in total. The van der Waals surface area contributed by atoms with Gasteiger partial charge in [0.2, 0.25) is 0 Å². The molecule has 0 saturated carbocycles. The van der Waals surface area contributed by atoms with Crippen LogP contribution in [0.4, 0.5) is 34.1 Å². The van der Waals surface area contributed by atoms with Crippen LogP contribution in [0.1, 0.15) is 84.6 Å². The molecule has 65 heavy (non-hydrogen) atoms. The molecule has 3 aliphatic heterocycles. The maximum Gasteiger partial charge on any atom is 0.252 e. The van der Waals surface area contributed by atoms with Gasteiger partial charge in [-0.15, -0.1) is 0 Å². The number of anilines is 6. The lowest BCUT2D eigenvalue weighted by molar-refractivity contribution is 0.590. The average molecular weight is 859 g/mol. The highest BCUT2D eigenvalue weighted by molar-refractivity contribution is 7.22. The Morgan fingerprint density at radius 1 is 0.385 bits per heavy atom. The Labute approximate surface area is 388 Å². The zero-order chi connectivity index (χ0) is 45.2. The van der Waals surface area contributed by atoms with Crippen molar-refractivity contribution in [2.75, 3.05) is 9.80 Å². The smallest absolute Gasteiger partial charge is 0.252 e. The number of rotatable bonds is 4. The van der Waals surface area contributed by atoms with Crippen LogP contribution in [0.15, 0.2) is 176 Å². The summed E-state index contributed by atoms with van der Waals surface area (Å²) in [7, 11) is -2.79. The SMILES string of the molecule is Cc1cc2c3c(c1)N(c1ccc(C(C)(C)C)cc1)c1cc4c(cc1B3c1cc(C(C)(C)C)ccc1N2c1ccc(C(C)(C)C)cc1)-c1ccccc1[Si]4(c1ccccc1)c1ccccc1. The zero-order valence-corrected chi connectivity index (χ0v) is 40.7. The van der Waals surface area contributed by atoms with Gasteiger partial charge in [0.05, 0.1) is 0 Å². The molecule has 3 heterocycles.